The van der Waals surface area contributed by atoms with Crippen LogP contribution in [0.1, 0.15) is 39.2 Å². The molecule has 0 radical (unpaired) electrons. The molecule has 3 atom stereocenters. The standard InChI is InChI=1S/C20H30N4O6S/c1-13-5-9-15(10-6-13)31(27,28)29-12-17(23-19(26)30-20(2,3)4)18(25)16(11-22-24-21)14-7-8-14/h5-6,9-10,14,16-18,21,25H,7-8,11-12H2,1-4H3/p+1/t16-,17-,18-/m1/s1. The second-order valence-electron chi connectivity index (χ2n) is 8.72. The van der Waals surface area contributed by atoms with Gasteiger partial charge in [0, 0.05) is 5.92 Å². The summed E-state index contributed by atoms with van der Waals surface area (Å²) in [5.41, 5.74) is 7.00. The third-order valence-electron chi connectivity index (χ3n) is 4.86. The van der Waals surface area contributed by atoms with E-state index >= 15 is 0 Å². The summed E-state index contributed by atoms with van der Waals surface area (Å²) in [5, 5.41) is 17.1. The number of benzene rings is 1. The predicted octanol–water partition coefficient (Wildman–Crippen LogP) is 2.53. The minimum atomic E-state index is -4.10. The predicted molar refractivity (Wildman–Crippen MR) is 112 cm³/mol. The molecule has 1 saturated carbocycles. The van der Waals surface area contributed by atoms with Crippen molar-refractivity contribution < 1.29 is 27.2 Å². The van der Waals surface area contributed by atoms with E-state index in [1.54, 1.807) is 32.9 Å². The average Bonchev–Trinajstić information content (AvgIpc) is 3.49. The van der Waals surface area contributed by atoms with E-state index in [-0.39, 0.29) is 17.4 Å². The summed E-state index contributed by atoms with van der Waals surface area (Å²) in [5.74, 6) is -0.253. The van der Waals surface area contributed by atoms with Crippen LogP contribution in [0.25, 0.3) is 0 Å². The molecular formula is C20H31N4O6S+. The Balaban J connectivity index is 2.18. The molecule has 1 aromatic carbocycles. The van der Waals surface area contributed by atoms with Crippen molar-refractivity contribution in [3.63, 3.8) is 0 Å². The summed E-state index contributed by atoms with van der Waals surface area (Å²) in [6.07, 6.45) is -0.225. The number of rotatable bonds is 10. The number of carbonyl (C=O) groups is 1. The Labute approximate surface area is 182 Å². The van der Waals surface area contributed by atoms with Gasteiger partial charge in [0.2, 0.25) is 4.91 Å². The number of nitrogens with zero attached hydrogens (tertiary/aromatic N) is 2. The number of nitrogens with one attached hydrogen (secondary N) is 2. The number of alkyl carbamates (subject to hydrolysis) is 1. The first-order chi connectivity index (χ1) is 14.4. The van der Waals surface area contributed by atoms with Crippen LogP contribution < -0.4 is 10.2 Å². The zero-order chi connectivity index (χ0) is 23.2. The van der Waals surface area contributed by atoms with E-state index in [0.717, 1.165) is 18.4 Å². The third-order valence-corrected chi connectivity index (χ3v) is 6.15. The highest BCUT2D eigenvalue weighted by Crippen LogP contribution is 2.39. The van der Waals surface area contributed by atoms with Crippen LogP contribution >= 0.6 is 0 Å². The lowest BCUT2D eigenvalue weighted by molar-refractivity contribution is 0.0205. The number of ether oxygens (including phenoxy) is 1. The van der Waals surface area contributed by atoms with Crippen molar-refractivity contribution in [3.8, 4) is 0 Å². The highest BCUT2D eigenvalue weighted by Gasteiger charge is 2.41. The number of amides is 1. The number of aliphatic hydroxyl groups excluding tert-OH is 1. The minimum Gasteiger partial charge on any atom is -0.444 e. The molecule has 0 heterocycles. The van der Waals surface area contributed by atoms with Crippen LogP contribution in [-0.4, -0.2) is 50.5 Å². The van der Waals surface area contributed by atoms with Crippen molar-refractivity contribution >= 4 is 16.2 Å². The second kappa shape index (κ2) is 10.3. The SMILES string of the molecule is Cc1ccc(S(=O)(=O)OC[C@@H](NC(=O)OC(C)(C)C)[C@H](O)[C@H](CN=[N+]=N)C2CC2)cc1. The molecule has 2 rings (SSSR count). The Kier molecular flexibility index (Phi) is 8.30. The van der Waals surface area contributed by atoms with Crippen LogP contribution in [0.15, 0.2) is 34.3 Å². The van der Waals surface area contributed by atoms with E-state index in [2.05, 4.69) is 15.3 Å². The highest BCUT2D eigenvalue weighted by molar-refractivity contribution is 7.86. The Morgan fingerprint density at radius 1 is 1.32 bits per heavy atom. The quantitative estimate of drug-likeness (QED) is 0.280. The van der Waals surface area contributed by atoms with Crippen molar-refractivity contribution in [2.24, 2.45) is 17.0 Å². The summed E-state index contributed by atoms with van der Waals surface area (Å²) in [7, 11) is -4.10. The maximum absolute atomic E-state index is 12.6. The fourth-order valence-electron chi connectivity index (χ4n) is 3.11. The lowest BCUT2D eigenvalue weighted by atomic mass is 9.92. The van der Waals surface area contributed by atoms with E-state index in [1.807, 2.05) is 6.92 Å². The summed E-state index contributed by atoms with van der Waals surface area (Å²) in [4.78, 5) is 15.3. The van der Waals surface area contributed by atoms with Crippen LogP contribution in [-0.2, 0) is 19.0 Å². The second-order valence-corrected chi connectivity index (χ2v) is 10.3. The van der Waals surface area contributed by atoms with Crippen molar-refractivity contribution in [2.45, 2.75) is 63.2 Å². The Morgan fingerprint density at radius 2 is 1.94 bits per heavy atom. The molecular weight excluding hydrogens is 424 g/mol. The minimum absolute atomic E-state index is 0.0228. The zero-order valence-corrected chi connectivity index (χ0v) is 19.1. The Bertz CT molecular complexity index is 903. The summed E-state index contributed by atoms with van der Waals surface area (Å²) in [6, 6.07) is 5.09. The highest BCUT2D eigenvalue weighted by atomic mass is 32.2. The molecule has 1 fully saturated rings. The van der Waals surface area contributed by atoms with E-state index in [1.165, 1.54) is 12.1 Å². The molecule has 0 aliphatic heterocycles. The van der Waals surface area contributed by atoms with Gasteiger partial charge in [0.05, 0.1) is 23.6 Å². The summed E-state index contributed by atoms with van der Waals surface area (Å²) < 4.78 is 35.6. The molecule has 0 spiro atoms. The van der Waals surface area contributed by atoms with Crippen molar-refractivity contribution in [1.29, 1.82) is 5.53 Å². The van der Waals surface area contributed by atoms with E-state index in [9.17, 15) is 18.3 Å². The number of carbonyl (C=O) groups excluding carboxylic acids is 1. The molecule has 31 heavy (non-hydrogen) atoms. The molecule has 10 nitrogen and oxygen atoms in total. The van der Waals surface area contributed by atoms with Crippen LogP contribution in [0.2, 0.25) is 0 Å². The fourth-order valence-corrected chi connectivity index (χ4v) is 4.05. The van der Waals surface area contributed by atoms with Gasteiger partial charge in [0.15, 0.2) is 0 Å². The summed E-state index contributed by atoms with van der Waals surface area (Å²) >= 11 is 0. The summed E-state index contributed by atoms with van der Waals surface area (Å²) in [6.45, 7) is 6.51. The monoisotopic (exact) mass is 455 g/mol. The smallest absolute Gasteiger partial charge is 0.408 e. The lowest BCUT2D eigenvalue weighted by Gasteiger charge is -2.29. The van der Waals surface area contributed by atoms with Gasteiger partial charge in [-0.25, -0.2) is 4.79 Å². The van der Waals surface area contributed by atoms with Crippen molar-refractivity contribution in [3.05, 3.63) is 29.8 Å². The molecule has 1 amide bonds. The first-order valence-corrected chi connectivity index (χ1v) is 11.5. The van der Waals surface area contributed by atoms with Gasteiger partial charge in [-0.3, -0.25) is 4.18 Å². The van der Waals surface area contributed by atoms with Crippen LogP contribution in [0.4, 0.5) is 4.79 Å². The van der Waals surface area contributed by atoms with Gasteiger partial charge in [-0.1, -0.05) is 17.7 Å². The van der Waals surface area contributed by atoms with Crippen LogP contribution in [0.3, 0.4) is 0 Å². The maximum Gasteiger partial charge on any atom is 0.408 e. The van der Waals surface area contributed by atoms with Gasteiger partial charge in [-0.05, 0) is 58.6 Å². The van der Waals surface area contributed by atoms with E-state index in [4.69, 9.17) is 14.5 Å². The Morgan fingerprint density at radius 3 is 2.45 bits per heavy atom. The maximum atomic E-state index is 12.6. The molecule has 1 aromatic rings. The largest absolute Gasteiger partial charge is 0.444 e. The Hall–Kier alpha value is -2.33. The van der Waals surface area contributed by atoms with Gasteiger partial charge < -0.3 is 15.2 Å². The lowest BCUT2D eigenvalue weighted by Crippen LogP contribution is -2.51. The molecule has 0 saturated heterocycles. The van der Waals surface area contributed by atoms with E-state index in [0.29, 0.717) is 0 Å². The van der Waals surface area contributed by atoms with Gasteiger partial charge >= 0.3 is 6.09 Å². The first-order valence-electron chi connectivity index (χ1n) is 10.1. The molecule has 172 valence electrons. The number of hydrogen-bond donors (Lipinski definition) is 3. The number of aliphatic hydroxyl groups is 1. The normalized spacial score (nSPS) is 17.2. The van der Waals surface area contributed by atoms with Crippen LogP contribution in [0.5, 0.6) is 0 Å². The van der Waals surface area contributed by atoms with Gasteiger partial charge in [0.25, 0.3) is 10.1 Å². The molecule has 0 aromatic heterocycles. The number of aryl methyl sites for hydroxylation is 1. The van der Waals surface area contributed by atoms with E-state index < -0.39 is 46.5 Å². The van der Waals surface area contributed by atoms with Gasteiger partial charge in [0.1, 0.15) is 22.8 Å². The molecule has 0 unspecified atom stereocenters. The molecule has 1 aliphatic rings. The molecule has 3 N–H and O–H groups in total. The molecule has 11 heteroatoms. The topological polar surface area (TPSA) is 152 Å². The molecule has 0 bridgehead atoms. The zero-order valence-electron chi connectivity index (χ0n) is 18.2. The van der Waals surface area contributed by atoms with Crippen molar-refractivity contribution in [1.82, 2.24) is 10.2 Å². The van der Waals surface area contributed by atoms with Gasteiger partial charge in [-0.15, -0.1) is 0 Å². The average molecular weight is 456 g/mol. The first kappa shape index (κ1) is 24.9. The fraction of sp³-hybridized carbons (Fsp3) is 0.650. The number of hydrogen-bond acceptors (Lipinski definition) is 8. The van der Waals surface area contributed by atoms with Gasteiger partial charge in [-0.2, -0.15) is 8.42 Å². The van der Waals surface area contributed by atoms with Crippen LogP contribution in [0, 0.1) is 24.3 Å². The van der Waals surface area contributed by atoms with Crippen molar-refractivity contribution in [2.75, 3.05) is 13.2 Å². The third kappa shape index (κ3) is 8.02. The molecule has 1 aliphatic carbocycles.